The minimum atomic E-state index is -0.428. The second-order valence-corrected chi connectivity index (χ2v) is 6.62. The molecule has 25 heavy (non-hydrogen) atoms. The van der Waals surface area contributed by atoms with E-state index in [1.807, 2.05) is 50.5 Å². The van der Waals surface area contributed by atoms with Crippen molar-refractivity contribution in [1.29, 1.82) is 5.26 Å². The zero-order valence-corrected chi connectivity index (χ0v) is 15.3. The molecule has 5 heteroatoms. The highest BCUT2D eigenvalue weighted by Gasteiger charge is 2.26. The Morgan fingerprint density at radius 1 is 1.32 bits per heavy atom. The first kappa shape index (κ1) is 18.8. The predicted octanol–water partition coefficient (Wildman–Crippen LogP) is 3.25. The molecule has 132 valence electrons. The van der Waals surface area contributed by atoms with Crippen LogP contribution in [0.5, 0.6) is 0 Å². The van der Waals surface area contributed by atoms with Gasteiger partial charge in [-0.3, -0.25) is 4.79 Å². The van der Waals surface area contributed by atoms with Gasteiger partial charge in [-0.05, 0) is 63.9 Å². The van der Waals surface area contributed by atoms with Crippen LogP contribution in [0.2, 0.25) is 0 Å². The summed E-state index contributed by atoms with van der Waals surface area (Å²) in [5.74, 6) is -0.134. The van der Waals surface area contributed by atoms with E-state index < -0.39 is 5.54 Å². The summed E-state index contributed by atoms with van der Waals surface area (Å²) < 4.78 is 2.01. The van der Waals surface area contributed by atoms with Gasteiger partial charge in [0.05, 0.1) is 17.2 Å². The molecule has 2 rings (SSSR count). The van der Waals surface area contributed by atoms with Gasteiger partial charge in [0.15, 0.2) is 0 Å². The number of nitriles is 1. The molecule has 1 atom stereocenters. The number of aliphatic hydroxyl groups excluding tert-OH is 1. The highest BCUT2D eigenvalue weighted by molar-refractivity contribution is 5.96. The molecule has 5 nitrogen and oxygen atoms in total. The van der Waals surface area contributed by atoms with Gasteiger partial charge in [-0.1, -0.05) is 6.92 Å². The molecule has 2 aromatic rings. The standard InChI is InChI=1S/C20H25N3O2/c1-5-20(4,10-11-24)22-19(25)18-12-14(2)23(15(18)3)17-8-6-16(13-21)7-9-17/h6-9,12,24H,5,10-11H2,1-4H3,(H,22,25). The van der Waals surface area contributed by atoms with E-state index in [2.05, 4.69) is 11.4 Å². The van der Waals surface area contributed by atoms with Crippen molar-refractivity contribution >= 4 is 5.91 Å². The monoisotopic (exact) mass is 339 g/mol. The number of aliphatic hydroxyl groups is 1. The molecule has 0 aliphatic carbocycles. The molecule has 0 saturated heterocycles. The first-order valence-electron chi connectivity index (χ1n) is 8.48. The average Bonchev–Trinajstić information content (AvgIpc) is 2.90. The minimum Gasteiger partial charge on any atom is -0.396 e. The number of nitrogens with zero attached hydrogens (tertiary/aromatic N) is 2. The number of amides is 1. The zero-order chi connectivity index (χ0) is 18.6. The third-order valence-corrected chi connectivity index (χ3v) is 4.79. The number of carbonyl (C=O) groups excluding carboxylic acids is 1. The Bertz CT molecular complexity index is 800. The van der Waals surface area contributed by atoms with Gasteiger partial charge < -0.3 is 15.0 Å². The van der Waals surface area contributed by atoms with E-state index in [0.717, 1.165) is 23.5 Å². The van der Waals surface area contributed by atoms with Crippen molar-refractivity contribution < 1.29 is 9.90 Å². The Balaban J connectivity index is 2.35. The van der Waals surface area contributed by atoms with Gasteiger partial charge in [0.2, 0.25) is 0 Å². The summed E-state index contributed by atoms with van der Waals surface area (Å²) in [4.78, 5) is 12.8. The van der Waals surface area contributed by atoms with E-state index in [0.29, 0.717) is 17.5 Å². The van der Waals surface area contributed by atoms with Crippen molar-refractivity contribution in [2.45, 2.75) is 46.1 Å². The molecule has 0 fully saturated rings. The Morgan fingerprint density at radius 3 is 2.48 bits per heavy atom. The number of carbonyl (C=O) groups is 1. The first-order valence-corrected chi connectivity index (χ1v) is 8.48. The molecule has 0 spiro atoms. The smallest absolute Gasteiger partial charge is 0.253 e. The Labute approximate surface area is 148 Å². The van der Waals surface area contributed by atoms with Gasteiger partial charge in [-0.2, -0.15) is 5.26 Å². The van der Waals surface area contributed by atoms with E-state index in [9.17, 15) is 9.90 Å². The first-order chi connectivity index (χ1) is 11.8. The van der Waals surface area contributed by atoms with Crippen LogP contribution in [-0.4, -0.2) is 27.7 Å². The van der Waals surface area contributed by atoms with Gasteiger partial charge >= 0.3 is 0 Å². The number of nitrogens with one attached hydrogen (secondary N) is 1. The fourth-order valence-electron chi connectivity index (χ4n) is 2.99. The number of aromatic nitrogens is 1. The maximum Gasteiger partial charge on any atom is 0.253 e. The predicted molar refractivity (Wildman–Crippen MR) is 97.8 cm³/mol. The lowest BCUT2D eigenvalue weighted by atomic mass is 9.94. The van der Waals surface area contributed by atoms with Crippen LogP contribution in [0.25, 0.3) is 5.69 Å². The third kappa shape index (κ3) is 3.92. The van der Waals surface area contributed by atoms with Crippen LogP contribution >= 0.6 is 0 Å². The molecule has 0 aliphatic heterocycles. The maximum absolute atomic E-state index is 12.8. The SMILES string of the molecule is CCC(C)(CCO)NC(=O)c1cc(C)n(-c2ccc(C#N)cc2)c1C. The van der Waals surface area contributed by atoms with Crippen LogP contribution in [0.15, 0.2) is 30.3 Å². The summed E-state index contributed by atoms with van der Waals surface area (Å²) in [7, 11) is 0. The molecule has 1 unspecified atom stereocenters. The van der Waals surface area contributed by atoms with Crippen molar-refractivity contribution in [2.75, 3.05) is 6.61 Å². The topological polar surface area (TPSA) is 78.0 Å². The number of aryl methyl sites for hydroxylation is 1. The summed E-state index contributed by atoms with van der Waals surface area (Å²) in [5, 5.41) is 21.2. The Morgan fingerprint density at radius 2 is 1.96 bits per heavy atom. The fourth-order valence-corrected chi connectivity index (χ4v) is 2.99. The molecule has 0 aliphatic rings. The lowest BCUT2D eigenvalue weighted by Gasteiger charge is -2.29. The molecular weight excluding hydrogens is 314 g/mol. The summed E-state index contributed by atoms with van der Waals surface area (Å²) in [6.45, 7) is 7.84. The summed E-state index contributed by atoms with van der Waals surface area (Å²) in [6, 6.07) is 11.3. The van der Waals surface area contributed by atoms with Crippen molar-refractivity contribution in [3.63, 3.8) is 0 Å². The molecule has 1 amide bonds. The molecule has 0 bridgehead atoms. The van der Waals surface area contributed by atoms with Crippen LogP contribution in [0.1, 0.15) is 54.0 Å². The van der Waals surface area contributed by atoms with Crippen LogP contribution in [-0.2, 0) is 0 Å². The van der Waals surface area contributed by atoms with E-state index in [1.54, 1.807) is 12.1 Å². The number of benzene rings is 1. The molecule has 0 radical (unpaired) electrons. The van der Waals surface area contributed by atoms with Gasteiger partial charge in [-0.15, -0.1) is 0 Å². The van der Waals surface area contributed by atoms with Crippen molar-refractivity contribution in [3.05, 3.63) is 52.8 Å². The summed E-state index contributed by atoms with van der Waals surface area (Å²) in [6.07, 6.45) is 1.26. The van der Waals surface area contributed by atoms with Crippen LogP contribution in [0.3, 0.4) is 0 Å². The average molecular weight is 339 g/mol. The fraction of sp³-hybridized carbons (Fsp3) is 0.400. The Kier molecular flexibility index (Phi) is 5.66. The zero-order valence-electron chi connectivity index (χ0n) is 15.3. The molecule has 1 aromatic heterocycles. The number of hydrogen-bond acceptors (Lipinski definition) is 3. The second kappa shape index (κ2) is 7.54. The van der Waals surface area contributed by atoms with Crippen molar-refractivity contribution in [2.24, 2.45) is 0 Å². The number of hydrogen-bond donors (Lipinski definition) is 2. The van der Waals surface area contributed by atoms with Gasteiger partial charge in [0.25, 0.3) is 5.91 Å². The lowest BCUT2D eigenvalue weighted by Crippen LogP contribution is -2.46. The maximum atomic E-state index is 12.8. The van der Waals surface area contributed by atoms with Gasteiger partial charge in [0, 0.05) is 29.2 Å². The van der Waals surface area contributed by atoms with E-state index in [-0.39, 0.29) is 12.5 Å². The molecule has 2 N–H and O–H groups in total. The highest BCUT2D eigenvalue weighted by Crippen LogP contribution is 2.23. The largest absolute Gasteiger partial charge is 0.396 e. The van der Waals surface area contributed by atoms with Gasteiger partial charge in [0.1, 0.15) is 0 Å². The quantitative estimate of drug-likeness (QED) is 0.848. The Hall–Kier alpha value is -2.58. The van der Waals surface area contributed by atoms with E-state index in [4.69, 9.17) is 5.26 Å². The minimum absolute atomic E-state index is 0.0366. The summed E-state index contributed by atoms with van der Waals surface area (Å²) >= 11 is 0. The third-order valence-electron chi connectivity index (χ3n) is 4.79. The van der Waals surface area contributed by atoms with Crippen molar-refractivity contribution in [3.8, 4) is 11.8 Å². The van der Waals surface area contributed by atoms with E-state index >= 15 is 0 Å². The van der Waals surface area contributed by atoms with E-state index in [1.165, 1.54) is 0 Å². The number of rotatable bonds is 6. The lowest BCUT2D eigenvalue weighted by molar-refractivity contribution is 0.0885. The van der Waals surface area contributed by atoms with Crippen LogP contribution < -0.4 is 5.32 Å². The molecule has 1 aromatic carbocycles. The highest BCUT2D eigenvalue weighted by atomic mass is 16.3. The summed E-state index contributed by atoms with van der Waals surface area (Å²) in [5.41, 5.74) is 3.52. The normalized spacial score (nSPS) is 13.1. The van der Waals surface area contributed by atoms with Crippen LogP contribution in [0, 0.1) is 25.2 Å². The molecular formula is C20H25N3O2. The van der Waals surface area contributed by atoms with Crippen LogP contribution in [0.4, 0.5) is 0 Å². The molecule has 1 heterocycles. The van der Waals surface area contributed by atoms with Crippen molar-refractivity contribution in [1.82, 2.24) is 9.88 Å². The molecule has 0 saturated carbocycles. The second-order valence-electron chi connectivity index (χ2n) is 6.62. The van der Waals surface area contributed by atoms with Gasteiger partial charge in [-0.25, -0.2) is 0 Å².